The van der Waals surface area contributed by atoms with Gasteiger partial charge in [0.1, 0.15) is 0 Å². The Hall–Kier alpha value is -2.37. The van der Waals surface area contributed by atoms with Gasteiger partial charge >= 0.3 is 5.97 Å². The second kappa shape index (κ2) is 7.33. The number of carbonyl (C=O) groups excluding carboxylic acids is 3. The van der Waals surface area contributed by atoms with Crippen LogP contribution in [0.25, 0.3) is 0 Å². The summed E-state index contributed by atoms with van der Waals surface area (Å²) in [5.41, 5.74) is 4.57. The van der Waals surface area contributed by atoms with Gasteiger partial charge in [0.2, 0.25) is 11.8 Å². The predicted octanol–water partition coefficient (Wildman–Crippen LogP) is 2.48. The van der Waals surface area contributed by atoms with Crippen LogP contribution >= 0.6 is 0 Å². The van der Waals surface area contributed by atoms with Crippen LogP contribution in [0.4, 0.5) is 5.69 Å². The summed E-state index contributed by atoms with van der Waals surface area (Å²) >= 11 is 0. The van der Waals surface area contributed by atoms with Crippen LogP contribution in [0.15, 0.2) is 12.1 Å². The van der Waals surface area contributed by atoms with Crippen molar-refractivity contribution in [1.29, 1.82) is 0 Å². The van der Waals surface area contributed by atoms with Crippen LogP contribution in [-0.2, 0) is 24.5 Å². The van der Waals surface area contributed by atoms with Crippen molar-refractivity contribution in [2.24, 2.45) is 0 Å². The maximum Gasteiger partial charge on any atom is 0.306 e. The average molecular weight is 372 g/mol. The third-order valence-electron chi connectivity index (χ3n) is 6.23. The Kier molecular flexibility index (Phi) is 5.27. The second-order valence-corrected chi connectivity index (χ2v) is 7.75. The summed E-state index contributed by atoms with van der Waals surface area (Å²) in [5.74, 6) is -0.292. The molecule has 1 aromatic carbocycles. The van der Waals surface area contributed by atoms with E-state index in [1.54, 1.807) is 6.92 Å². The summed E-state index contributed by atoms with van der Waals surface area (Å²) in [6.07, 6.45) is 1.97. The molecule has 1 spiro atoms. The highest BCUT2D eigenvalue weighted by Crippen LogP contribution is 2.49. The molecule has 2 amide bonds. The summed E-state index contributed by atoms with van der Waals surface area (Å²) in [5, 5.41) is 0. The van der Waals surface area contributed by atoms with Crippen LogP contribution in [0.2, 0.25) is 0 Å². The monoisotopic (exact) mass is 372 g/mol. The fourth-order valence-corrected chi connectivity index (χ4v) is 4.39. The molecule has 1 fully saturated rings. The first-order valence-electron chi connectivity index (χ1n) is 9.52. The van der Waals surface area contributed by atoms with Gasteiger partial charge in [0.15, 0.2) is 0 Å². The number of hydrogen-bond acceptors (Lipinski definition) is 4. The van der Waals surface area contributed by atoms with E-state index in [9.17, 15) is 14.4 Å². The van der Waals surface area contributed by atoms with Gasteiger partial charge in [-0.2, -0.15) is 0 Å². The summed E-state index contributed by atoms with van der Waals surface area (Å²) < 4.78 is 4.61. The van der Waals surface area contributed by atoms with Crippen molar-refractivity contribution in [3.05, 3.63) is 28.8 Å². The highest BCUT2D eigenvalue weighted by Gasteiger charge is 2.46. The summed E-state index contributed by atoms with van der Waals surface area (Å²) in [6, 6.07) is 4.29. The van der Waals surface area contributed by atoms with Crippen molar-refractivity contribution in [3.63, 3.8) is 0 Å². The van der Waals surface area contributed by atoms with Crippen molar-refractivity contribution in [1.82, 2.24) is 4.90 Å². The van der Waals surface area contributed by atoms with Gasteiger partial charge in [-0.25, -0.2) is 0 Å². The van der Waals surface area contributed by atoms with Crippen molar-refractivity contribution in [2.45, 2.75) is 51.9 Å². The minimum absolute atomic E-state index is 0.00280. The number of rotatable bonds is 3. The SMILES string of the molecule is COC(=O)CCC(=O)N1CCC2(CC1)CN(C(C)=O)c1c2ccc(C)c1C. The number of nitrogens with zero attached hydrogens (tertiary/aromatic N) is 2. The highest BCUT2D eigenvalue weighted by molar-refractivity contribution is 5.96. The summed E-state index contributed by atoms with van der Waals surface area (Å²) in [6.45, 7) is 7.76. The number of likely N-dealkylation sites (tertiary alicyclic amines) is 1. The lowest BCUT2D eigenvalue weighted by Gasteiger charge is -2.40. The fraction of sp³-hybridized carbons (Fsp3) is 0.571. The van der Waals surface area contributed by atoms with Gasteiger partial charge in [-0.15, -0.1) is 0 Å². The lowest BCUT2D eigenvalue weighted by atomic mass is 9.73. The van der Waals surface area contributed by atoms with E-state index < -0.39 is 0 Å². The molecule has 27 heavy (non-hydrogen) atoms. The standard InChI is InChI=1S/C21H28N2O4/c1-14-5-6-17-20(15(14)2)23(16(3)24)13-21(17)9-11-22(12-10-21)18(25)7-8-19(26)27-4/h5-6H,7-13H2,1-4H3. The van der Waals surface area contributed by atoms with Gasteiger partial charge in [0.05, 0.1) is 19.2 Å². The van der Waals surface area contributed by atoms with Crippen LogP contribution in [0.5, 0.6) is 0 Å². The van der Waals surface area contributed by atoms with E-state index in [0.717, 1.165) is 24.1 Å². The molecule has 1 saturated heterocycles. The minimum Gasteiger partial charge on any atom is -0.469 e. The average Bonchev–Trinajstić information content (AvgIpc) is 2.98. The number of fused-ring (bicyclic) bond motifs is 2. The number of amides is 2. The van der Waals surface area contributed by atoms with Gasteiger partial charge in [-0.05, 0) is 43.4 Å². The third kappa shape index (κ3) is 3.45. The number of ether oxygens (including phenoxy) is 1. The topological polar surface area (TPSA) is 66.9 Å². The number of esters is 1. The highest BCUT2D eigenvalue weighted by atomic mass is 16.5. The molecule has 2 aliphatic heterocycles. The minimum atomic E-state index is -0.357. The largest absolute Gasteiger partial charge is 0.469 e. The molecular weight excluding hydrogens is 344 g/mol. The van der Waals surface area contributed by atoms with Gasteiger partial charge in [0, 0.05) is 38.4 Å². The zero-order chi connectivity index (χ0) is 19.8. The van der Waals surface area contributed by atoms with E-state index in [-0.39, 0.29) is 36.0 Å². The van der Waals surface area contributed by atoms with Crippen LogP contribution in [-0.4, -0.2) is 49.4 Å². The number of methoxy groups -OCH3 is 1. The van der Waals surface area contributed by atoms with E-state index in [2.05, 4.69) is 30.7 Å². The Bertz CT molecular complexity index is 779. The van der Waals surface area contributed by atoms with Gasteiger partial charge in [-0.1, -0.05) is 12.1 Å². The molecule has 0 aromatic heterocycles. The molecule has 0 unspecified atom stereocenters. The Balaban J connectivity index is 1.77. The quantitative estimate of drug-likeness (QED) is 0.765. The number of anilines is 1. The lowest BCUT2D eigenvalue weighted by Crippen LogP contribution is -2.47. The van der Waals surface area contributed by atoms with Crippen molar-refractivity contribution >= 4 is 23.5 Å². The molecule has 0 radical (unpaired) electrons. The van der Waals surface area contributed by atoms with Gasteiger partial charge in [0.25, 0.3) is 0 Å². The Morgan fingerprint density at radius 2 is 1.78 bits per heavy atom. The van der Waals surface area contributed by atoms with Crippen molar-refractivity contribution in [2.75, 3.05) is 31.6 Å². The van der Waals surface area contributed by atoms with Crippen LogP contribution in [0.1, 0.15) is 49.3 Å². The number of hydrogen-bond donors (Lipinski definition) is 0. The zero-order valence-corrected chi connectivity index (χ0v) is 16.6. The lowest BCUT2D eigenvalue weighted by molar-refractivity contribution is -0.144. The molecule has 146 valence electrons. The first-order valence-corrected chi connectivity index (χ1v) is 9.52. The Labute approximate surface area is 160 Å². The molecule has 6 heteroatoms. The van der Waals surface area contributed by atoms with Crippen LogP contribution in [0.3, 0.4) is 0 Å². The molecule has 2 heterocycles. The molecule has 1 aromatic rings. The van der Waals surface area contributed by atoms with E-state index in [1.165, 1.54) is 18.2 Å². The number of benzene rings is 1. The second-order valence-electron chi connectivity index (χ2n) is 7.75. The number of aryl methyl sites for hydroxylation is 1. The summed E-state index contributed by atoms with van der Waals surface area (Å²) in [7, 11) is 1.33. The maximum atomic E-state index is 12.4. The van der Waals surface area contributed by atoms with Crippen LogP contribution < -0.4 is 4.90 Å². The van der Waals surface area contributed by atoms with Gasteiger partial charge in [-0.3, -0.25) is 14.4 Å². The molecule has 0 saturated carbocycles. The molecule has 0 aliphatic carbocycles. The van der Waals surface area contributed by atoms with E-state index in [0.29, 0.717) is 19.6 Å². The van der Waals surface area contributed by atoms with E-state index in [4.69, 9.17) is 0 Å². The molecule has 0 atom stereocenters. The fourth-order valence-electron chi connectivity index (χ4n) is 4.39. The molecule has 6 nitrogen and oxygen atoms in total. The first kappa shape index (κ1) is 19.4. The number of piperidine rings is 1. The smallest absolute Gasteiger partial charge is 0.306 e. The molecule has 0 bridgehead atoms. The third-order valence-corrected chi connectivity index (χ3v) is 6.23. The van der Waals surface area contributed by atoms with E-state index >= 15 is 0 Å². The molecule has 0 N–H and O–H groups in total. The Morgan fingerprint density at radius 3 is 2.37 bits per heavy atom. The number of carbonyl (C=O) groups is 3. The van der Waals surface area contributed by atoms with E-state index in [1.807, 2.05) is 9.80 Å². The molecular formula is C21H28N2O4. The normalized spacial score (nSPS) is 17.8. The summed E-state index contributed by atoms with van der Waals surface area (Å²) in [4.78, 5) is 39.7. The molecule has 3 rings (SSSR count). The zero-order valence-electron chi connectivity index (χ0n) is 16.6. The van der Waals surface area contributed by atoms with Crippen molar-refractivity contribution < 1.29 is 19.1 Å². The molecule has 2 aliphatic rings. The Morgan fingerprint density at radius 1 is 1.11 bits per heavy atom. The maximum absolute atomic E-state index is 12.4. The van der Waals surface area contributed by atoms with Crippen molar-refractivity contribution in [3.8, 4) is 0 Å². The van der Waals surface area contributed by atoms with Crippen LogP contribution in [0, 0.1) is 13.8 Å². The van der Waals surface area contributed by atoms with Gasteiger partial charge < -0.3 is 14.5 Å². The first-order chi connectivity index (χ1) is 12.8. The predicted molar refractivity (Wildman–Crippen MR) is 103 cm³/mol.